The Kier molecular flexibility index (Phi) is 3.44. The van der Waals surface area contributed by atoms with Crippen LogP contribution in [0.3, 0.4) is 0 Å². The fraction of sp³-hybridized carbons (Fsp3) is 0.538. The van der Waals surface area contributed by atoms with Crippen molar-refractivity contribution >= 4 is 5.69 Å². The Bertz CT molecular complexity index is 363. The van der Waals surface area contributed by atoms with Crippen LogP contribution in [-0.4, -0.2) is 18.2 Å². The Morgan fingerprint density at radius 1 is 1.44 bits per heavy atom. The van der Waals surface area contributed by atoms with Crippen molar-refractivity contribution in [3.8, 4) is 0 Å². The van der Waals surface area contributed by atoms with E-state index in [1.54, 1.807) is 12.1 Å². The molecule has 0 aromatic heterocycles. The first-order chi connectivity index (χ1) is 7.76. The van der Waals surface area contributed by atoms with Gasteiger partial charge in [-0.1, -0.05) is 12.1 Å². The highest BCUT2D eigenvalue weighted by Crippen LogP contribution is 2.33. The van der Waals surface area contributed by atoms with Crippen LogP contribution in [0.4, 0.5) is 10.1 Å². The molecule has 16 heavy (non-hydrogen) atoms. The maximum Gasteiger partial charge on any atom is 0.146 e. The average Bonchev–Trinajstić information content (AvgIpc) is 3.10. The van der Waals surface area contributed by atoms with Gasteiger partial charge in [0.15, 0.2) is 0 Å². The average molecular weight is 223 g/mol. The molecule has 1 aromatic carbocycles. The molecule has 1 aliphatic carbocycles. The molecule has 0 bridgehead atoms. The first-order valence-electron chi connectivity index (χ1n) is 5.89. The SMILES string of the molecule is CCN(CC1CC1)c1c(F)cccc1CO. The fourth-order valence-electron chi connectivity index (χ4n) is 2.03. The quantitative estimate of drug-likeness (QED) is 0.829. The molecule has 2 rings (SSSR count). The van der Waals surface area contributed by atoms with Crippen LogP contribution in [-0.2, 0) is 6.61 Å². The highest BCUT2D eigenvalue weighted by molar-refractivity contribution is 5.54. The Morgan fingerprint density at radius 2 is 2.19 bits per heavy atom. The van der Waals surface area contributed by atoms with Gasteiger partial charge in [0.25, 0.3) is 0 Å². The van der Waals surface area contributed by atoms with Gasteiger partial charge in [-0.05, 0) is 31.7 Å². The number of aliphatic hydroxyl groups is 1. The van der Waals surface area contributed by atoms with Crippen molar-refractivity contribution in [1.82, 2.24) is 0 Å². The minimum absolute atomic E-state index is 0.103. The molecule has 0 heterocycles. The zero-order valence-electron chi connectivity index (χ0n) is 9.62. The molecule has 0 unspecified atom stereocenters. The zero-order valence-corrected chi connectivity index (χ0v) is 9.62. The molecule has 0 atom stereocenters. The molecule has 0 aliphatic heterocycles. The molecule has 1 saturated carbocycles. The van der Waals surface area contributed by atoms with E-state index in [-0.39, 0.29) is 12.4 Å². The van der Waals surface area contributed by atoms with E-state index in [0.29, 0.717) is 17.2 Å². The topological polar surface area (TPSA) is 23.5 Å². The number of benzene rings is 1. The van der Waals surface area contributed by atoms with Gasteiger partial charge in [0.2, 0.25) is 0 Å². The van der Waals surface area contributed by atoms with Crippen LogP contribution in [0.1, 0.15) is 25.3 Å². The molecule has 3 heteroatoms. The van der Waals surface area contributed by atoms with Crippen LogP contribution in [0.15, 0.2) is 18.2 Å². The maximum absolute atomic E-state index is 13.8. The van der Waals surface area contributed by atoms with Crippen LogP contribution < -0.4 is 4.90 Å². The Balaban J connectivity index is 2.26. The summed E-state index contributed by atoms with van der Waals surface area (Å²) in [5, 5.41) is 9.24. The predicted octanol–water partition coefficient (Wildman–Crippen LogP) is 2.55. The lowest BCUT2D eigenvalue weighted by Gasteiger charge is -2.25. The summed E-state index contributed by atoms with van der Waals surface area (Å²) in [7, 11) is 0. The molecule has 1 fully saturated rings. The van der Waals surface area contributed by atoms with Crippen molar-refractivity contribution in [2.24, 2.45) is 5.92 Å². The summed E-state index contributed by atoms with van der Waals surface area (Å²) in [5.41, 5.74) is 1.27. The van der Waals surface area contributed by atoms with Crippen LogP contribution in [0, 0.1) is 11.7 Å². The molecular weight excluding hydrogens is 205 g/mol. The number of hydrogen-bond acceptors (Lipinski definition) is 2. The van der Waals surface area contributed by atoms with E-state index in [1.807, 2.05) is 11.8 Å². The number of rotatable bonds is 5. The van der Waals surface area contributed by atoms with Crippen LogP contribution in [0.5, 0.6) is 0 Å². The first-order valence-corrected chi connectivity index (χ1v) is 5.89. The molecular formula is C13H18FNO. The van der Waals surface area contributed by atoms with E-state index < -0.39 is 0 Å². The Morgan fingerprint density at radius 3 is 2.75 bits per heavy atom. The molecule has 0 saturated heterocycles. The van der Waals surface area contributed by atoms with Crippen molar-refractivity contribution in [2.75, 3.05) is 18.0 Å². The summed E-state index contributed by atoms with van der Waals surface area (Å²) >= 11 is 0. The van der Waals surface area contributed by atoms with Gasteiger partial charge in [-0.15, -0.1) is 0 Å². The number of nitrogens with zero attached hydrogens (tertiary/aromatic N) is 1. The summed E-state index contributed by atoms with van der Waals surface area (Å²) in [6.07, 6.45) is 2.50. The van der Waals surface area contributed by atoms with E-state index in [9.17, 15) is 9.50 Å². The van der Waals surface area contributed by atoms with E-state index in [1.165, 1.54) is 18.9 Å². The molecule has 0 radical (unpaired) electrons. The van der Waals surface area contributed by atoms with Crippen molar-refractivity contribution < 1.29 is 9.50 Å². The van der Waals surface area contributed by atoms with E-state index in [2.05, 4.69) is 0 Å². The van der Waals surface area contributed by atoms with Gasteiger partial charge in [-0.2, -0.15) is 0 Å². The van der Waals surface area contributed by atoms with Crippen LogP contribution in [0.2, 0.25) is 0 Å². The third-order valence-corrected chi connectivity index (χ3v) is 3.11. The summed E-state index contributed by atoms with van der Waals surface area (Å²) in [5.74, 6) is 0.486. The largest absolute Gasteiger partial charge is 0.392 e. The lowest BCUT2D eigenvalue weighted by molar-refractivity contribution is 0.281. The van der Waals surface area contributed by atoms with Crippen LogP contribution >= 0.6 is 0 Å². The van der Waals surface area contributed by atoms with Crippen LogP contribution in [0.25, 0.3) is 0 Å². The molecule has 1 aliphatic rings. The maximum atomic E-state index is 13.8. The zero-order chi connectivity index (χ0) is 11.5. The third-order valence-electron chi connectivity index (χ3n) is 3.11. The monoisotopic (exact) mass is 223 g/mol. The second-order valence-electron chi connectivity index (χ2n) is 4.39. The number of aliphatic hydroxyl groups excluding tert-OH is 1. The fourth-order valence-corrected chi connectivity index (χ4v) is 2.03. The Hall–Kier alpha value is -1.09. The van der Waals surface area contributed by atoms with E-state index in [0.717, 1.165) is 13.1 Å². The number of halogens is 1. The van der Waals surface area contributed by atoms with Gasteiger partial charge in [-0.25, -0.2) is 4.39 Å². The number of anilines is 1. The van der Waals surface area contributed by atoms with Crippen molar-refractivity contribution in [1.29, 1.82) is 0 Å². The van der Waals surface area contributed by atoms with Gasteiger partial charge in [-0.3, -0.25) is 0 Å². The van der Waals surface area contributed by atoms with Gasteiger partial charge in [0.05, 0.1) is 12.3 Å². The minimum Gasteiger partial charge on any atom is -0.392 e. The van der Waals surface area contributed by atoms with Gasteiger partial charge in [0, 0.05) is 18.7 Å². The second-order valence-corrected chi connectivity index (χ2v) is 4.39. The summed E-state index contributed by atoms with van der Waals surface area (Å²) in [6.45, 7) is 3.61. The van der Waals surface area contributed by atoms with E-state index >= 15 is 0 Å². The summed E-state index contributed by atoms with van der Waals surface area (Å²) in [4.78, 5) is 2.04. The lowest BCUT2D eigenvalue weighted by Crippen LogP contribution is -2.27. The van der Waals surface area contributed by atoms with Crippen molar-refractivity contribution in [2.45, 2.75) is 26.4 Å². The van der Waals surface area contributed by atoms with Gasteiger partial charge < -0.3 is 10.0 Å². The summed E-state index contributed by atoms with van der Waals surface area (Å²) < 4.78 is 13.8. The first kappa shape index (κ1) is 11.4. The highest BCUT2D eigenvalue weighted by Gasteiger charge is 2.25. The highest BCUT2D eigenvalue weighted by atomic mass is 19.1. The minimum atomic E-state index is -0.228. The number of para-hydroxylation sites is 1. The molecule has 0 spiro atoms. The van der Waals surface area contributed by atoms with Gasteiger partial charge in [0.1, 0.15) is 5.82 Å². The molecule has 1 N–H and O–H groups in total. The van der Waals surface area contributed by atoms with E-state index in [4.69, 9.17) is 0 Å². The van der Waals surface area contributed by atoms with Crippen molar-refractivity contribution in [3.05, 3.63) is 29.6 Å². The number of hydrogen-bond donors (Lipinski definition) is 1. The molecule has 0 amide bonds. The predicted molar refractivity (Wildman–Crippen MR) is 62.9 cm³/mol. The summed E-state index contributed by atoms with van der Waals surface area (Å²) in [6, 6.07) is 4.90. The molecule has 88 valence electrons. The van der Waals surface area contributed by atoms with Crippen molar-refractivity contribution in [3.63, 3.8) is 0 Å². The standard InChI is InChI=1S/C13H18FNO/c1-2-15(8-10-6-7-10)13-11(9-16)4-3-5-12(13)14/h3-5,10,16H,2,6-9H2,1H3. The van der Waals surface area contributed by atoms with Gasteiger partial charge >= 0.3 is 0 Å². The second kappa shape index (κ2) is 4.83. The Labute approximate surface area is 95.7 Å². The smallest absolute Gasteiger partial charge is 0.146 e. The molecule has 2 nitrogen and oxygen atoms in total. The lowest BCUT2D eigenvalue weighted by atomic mass is 10.1. The third kappa shape index (κ3) is 2.35. The normalized spacial score (nSPS) is 15.2. The molecule has 1 aromatic rings.